The zero-order valence-corrected chi connectivity index (χ0v) is 20.3. The molecule has 2 heterocycles. The van der Waals surface area contributed by atoms with Crippen LogP contribution in [0.15, 0.2) is 24.4 Å². The first kappa shape index (κ1) is 25.1. The van der Waals surface area contributed by atoms with Gasteiger partial charge in [0, 0.05) is 36.0 Å². The molecule has 0 spiro atoms. The molecule has 1 fully saturated rings. The van der Waals surface area contributed by atoms with E-state index in [0.717, 1.165) is 37.4 Å². The Kier molecular flexibility index (Phi) is 9.44. The summed E-state index contributed by atoms with van der Waals surface area (Å²) in [6.45, 7) is 4.48. The van der Waals surface area contributed by atoms with Crippen molar-refractivity contribution in [3.63, 3.8) is 0 Å². The van der Waals surface area contributed by atoms with Gasteiger partial charge in [-0.3, -0.25) is 9.78 Å². The van der Waals surface area contributed by atoms with Crippen LogP contribution in [-0.4, -0.2) is 59.2 Å². The minimum Gasteiger partial charge on any atom is -0.497 e. The number of carboxylic acid groups (broad SMARTS) is 1. The van der Waals surface area contributed by atoms with Crippen LogP contribution >= 0.6 is 23.4 Å². The average molecular weight is 483 g/mol. The highest BCUT2D eigenvalue weighted by atomic mass is 35.5. The molecule has 8 heteroatoms. The summed E-state index contributed by atoms with van der Waals surface area (Å²) in [6.07, 6.45) is 2.86. The van der Waals surface area contributed by atoms with Crippen LogP contribution in [0.3, 0.4) is 0 Å². The summed E-state index contributed by atoms with van der Waals surface area (Å²) in [5, 5.41) is 10.7. The van der Waals surface area contributed by atoms with Crippen LogP contribution in [0, 0.1) is 11.8 Å². The number of benzene rings is 1. The first-order chi connectivity index (χ1) is 15.4. The summed E-state index contributed by atoms with van der Waals surface area (Å²) in [6, 6.07) is 5.33. The summed E-state index contributed by atoms with van der Waals surface area (Å²) < 4.78 is 20.7. The second-order valence-corrected chi connectivity index (χ2v) is 9.99. The Labute approximate surface area is 198 Å². The number of carbonyl (C=O) groups is 1. The van der Waals surface area contributed by atoms with E-state index in [2.05, 4.69) is 16.8 Å². The number of carboxylic acids is 1. The van der Waals surface area contributed by atoms with Gasteiger partial charge in [0.25, 0.3) is 0 Å². The van der Waals surface area contributed by atoms with Gasteiger partial charge in [0.05, 0.1) is 23.6 Å². The zero-order valence-electron chi connectivity index (χ0n) is 18.7. The third-order valence-corrected chi connectivity index (χ3v) is 7.70. The SMILES string of the molecule is CCCSCCN1CCC(CCC(F)c2c(Cl)cnc3ccc(OC)cc23)C(C(=O)O)C1. The van der Waals surface area contributed by atoms with Crippen molar-refractivity contribution in [3.8, 4) is 5.75 Å². The van der Waals surface area contributed by atoms with Crippen LogP contribution < -0.4 is 4.74 Å². The fraction of sp³-hybridized carbons (Fsp3) is 0.583. The second kappa shape index (κ2) is 12.1. The Balaban J connectivity index is 1.66. The molecule has 0 bridgehead atoms. The lowest BCUT2D eigenvalue weighted by Crippen LogP contribution is -2.44. The Morgan fingerprint density at radius 3 is 2.97 bits per heavy atom. The molecule has 3 rings (SSSR count). The number of rotatable bonds is 11. The summed E-state index contributed by atoms with van der Waals surface area (Å²) >= 11 is 8.25. The predicted octanol–water partition coefficient (Wildman–Crippen LogP) is 5.85. The molecule has 3 atom stereocenters. The van der Waals surface area contributed by atoms with Gasteiger partial charge in [-0.05, 0) is 62.1 Å². The van der Waals surface area contributed by atoms with Crippen molar-refractivity contribution in [2.45, 2.75) is 38.8 Å². The molecule has 1 saturated heterocycles. The van der Waals surface area contributed by atoms with Gasteiger partial charge in [-0.25, -0.2) is 4.39 Å². The van der Waals surface area contributed by atoms with Crippen molar-refractivity contribution >= 4 is 40.2 Å². The van der Waals surface area contributed by atoms with Gasteiger partial charge in [-0.15, -0.1) is 0 Å². The molecule has 0 saturated carbocycles. The number of thioether (sulfide) groups is 1. The molecule has 1 aliphatic rings. The molecular formula is C24H32ClFN2O3S. The van der Waals surface area contributed by atoms with Crippen molar-refractivity contribution in [2.24, 2.45) is 11.8 Å². The highest BCUT2D eigenvalue weighted by Crippen LogP contribution is 2.38. The van der Waals surface area contributed by atoms with Crippen molar-refractivity contribution in [3.05, 3.63) is 35.0 Å². The highest BCUT2D eigenvalue weighted by molar-refractivity contribution is 7.99. The first-order valence-electron chi connectivity index (χ1n) is 11.2. The molecule has 2 aromatic rings. The van der Waals surface area contributed by atoms with E-state index in [1.165, 1.54) is 6.20 Å². The normalized spacial score (nSPS) is 20.4. The van der Waals surface area contributed by atoms with Crippen LogP contribution in [0.1, 0.15) is 44.3 Å². The number of likely N-dealkylation sites (tertiary alicyclic amines) is 1. The fourth-order valence-corrected chi connectivity index (χ4v) is 5.60. The predicted molar refractivity (Wildman–Crippen MR) is 130 cm³/mol. The Hall–Kier alpha value is -1.57. The van der Waals surface area contributed by atoms with E-state index in [1.54, 1.807) is 25.3 Å². The number of aliphatic carboxylic acids is 1. The maximum Gasteiger partial charge on any atom is 0.308 e. The quantitative estimate of drug-likeness (QED) is 0.405. The monoisotopic (exact) mass is 482 g/mol. The molecular weight excluding hydrogens is 451 g/mol. The van der Waals surface area contributed by atoms with Crippen molar-refractivity contribution in [1.82, 2.24) is 9.88 Å². The number of fused-ring (bicyclic) bond motifs is 1. The number of piperidine rings is 1. The molecule has 0 aliphatic carbocycles. The minimum absolute atomic E-state index is 0.0355. The van der Waals surface area contributed by atoms with Crippen LogP contribution in [-0.2, 0) is 4.79 Å². The van der Waals surface area contributed by atoms with E-state index >= 15 is 4.39 Å². The van der Waals surface area contributed by atoms with Gasteiger partial charge in [0.1, 0.15) is 11.9 Å². The maximum atomic E-state index is 15.4. The lowest BCUT2D eigenvalue weighted by Gasteiger charge is -2.36. The van der Waals surface area contributed by atoms with Crippen molar-refractivity contribution in [1.29, 1.82) is 0 Å². The maximum absolute atomic E-state index is 15.4. The topological polar surface area (TPSA) is 62.7 Å². The zero-order chi connectivity index (χ0) is 23.1. The van der Waals surface area contributed by atoms with Crippen LogP contribution in [0.2, 0.25) is 5.02 Å². The van der Waals surface area contributed by atoms with E-state index in [4.69, 9.17) is 16.3 Å². The van der Waals surface area contributed by atoms with Crippen LogP contribution in [0.25, 0.3) is 10.9 Å². The highest BCUT2D eigenvalue weighted by Gasteiger charge is 2.34. The van der Waals surface area contributed by atoms with E-state index in [-0.39, 0.29) is 17.4 Å². The standard InChI is InChI=1S/C24H32ClFN2O3S/c1-3-11-32-12-10-28-9-8-16(19(15-28)24(29)30)4-6-21(26)23-18-13-17(31-2)5-7-22(18)27-14-20(23)25/h5,7,13-14,16,19,21H,3-4,6,8-12,15H2,1-2H3,(H,29,30). The van der Waals surface area contributed by atoms with Gasteiger partial charge < -0.3 is 14.7 Å². The third-order valence-electron chi connectivity index (χ3n) is 6.23. The smallest absolute Gasteiger partial charge is 0.308 e. The lowest BCUT2D eigenvalue weighted by molar-refractivity contribution is -0.146. The summed E-state index contributed by atoms with van der Waals surface area (Å²) in [5.41, 5.74) is 1.07. The largest absolute Gasteiger partial charge is 0.497 e. The fourth-order valence-electron chi connectivity index (χ4n) is 4.45. The van der Waals surface area contributed by atoms with E-state index in [9.17, 15) is 9.90 Å². The minimum atomic E-state index is -1.29. The number of aromatic nitrogens is 1. The van der Waals surface area contributed by atoms with Gasteiger partial charge in [-0.2, -0.15) is 11.8 Å². The average Bonchev–Trinajstić information content (AvgIpc) is 2.80. The molecule has 1 aromatic carbocycles. The third kappa shape index (κ3) is 6.27. The second-order valence-electron chi connectivity index (χ2n) is 8.35. The van der Waals surface area contributed by atoms with Gasteiger partial charge in [-0.1, -0.05) is 18.5 Å². The number of pyridine rings is 1. The number of hydrogen-bond acceptors (Lipinski definition) is 5. The van der Waals surface area contributed by atoms with Gasteiger partial charge >= 0.3 is 5.97 Å². The number of alkyl halides is 1. The summed E-state index contributed by atoms with van der Waals surface area (Å²) in [7, 11) is 1.56. The molecule has 1 aliphatic heterocycles. The molecule has 0 amide bonds. The van der Waals surface area contributed by atoms with E-state index in [1.807, 2.05) is 11.8 Å². The molecule has 176 valence electrons. The molecule has 1 N–H and O–H groups in total. The molecule has 32 heavy (non-hydrogen) atoms. The van der Waals surface area contributed by atoms with Crippen molar-refractivity contribution < 1.29 is 19.0 Å². The summed E-state index contributed by atoms with van der Waals surface area (Å²) in [5.74, 6) is 1.49. The lowest BCUT2D eigenvalue weighted by atomic mass is 9.81. The molecule has 0 radical (unpaired) electrons. The number of nitrogens with zero attached hydrogens (tertiary/aromatic N) is 2. The summed E-state index contributed by atoms with van der Waals surface area (Å²) in [4.78, 5) is 18.5. The van der Waals surface area contributed by atoms with Crippen LogP contribution in [0.5, 0.6) is 5.75 Å². The van der Waals surface area contributed by atoms with E-state index < -0.39 is 18.1 Å². The first-order valence-corrected chi connectivity index (χ1v) is 12.8. The molecule has 1 aromatic heterocycles. The van der Waals surface area contributed by atoms with Gasteiger partial charge in [0.2, 0.25) is 0 Å². The molecule has 5 nitrogen and oxygen atoms in total. The van der Waals surface area contributed by atoms with Crippen molar-refractivity contribution in [2.75, 3.05) is 38.2 Å². The Morgan fingerprint density at radius 1 is 1.44 bits per heavy atom. The Bertz CT molecular complexity index is 916. The van der Waals surface area contributed by atoms with Gasteiger partial charge in [0.15, 0.2) is 0 Å². The number of ether oxygens (including phenoxy) is 1. The number of methoxy groups -OCH3 is 1. The Morgan fingerprint density at radius 2 is 2.25 bits per heavy atom. The van der Waals surface area contributed by atoms with Crippen LogP contribution in [0.4, 0.5) is 4.39 Å². The van der Waals surface area contributed by atoms with E-state index in [0.29, 0.717) is 35.2 Å². The molecule has 3 unspecified atom stereocenters. The number of hydrogen-bond donors (Lipinski definition) is 1. The number of halogens is 2.